The molecule has 0 amide bonds. The zero-order valence-corrected chi connectivity index (χ0v) is 30.2. The van der Waals surface area contributed by atoms with E-state index in [0.29, 0.717) is 5.92 Å². The van der Waals surface area contributed by atoms with E-state index >= 15 is 0 Å². The third-order valence-electron chi connectivity index (χ3n) is 9.04. The second kappa shape index (κ2) is 16.1. The molecule has 1 radical (unpaired) electrons. The summed E-state index contributed by atoms with van der Waals surface area (Å²) in [6.07, 6.45) is 9.26. The van der Waals surface area contributed by atoms with Crippen molar-refractivity contribution in [2.45, 2.75) is 59.8 Å². The molecule has 0 spiro atoms. The average molecular weight is 791 g/mol. The molecule has 0 saturated heterocycles. The molecule has 4 bridgehead atoms. The molecular weight excluding hydrogens is 749 g/mol. The molecule has 239 valence electrons. The molecule has 2 aromatic heterocycles. The Morgan fingerprint density at radius 3 is 1.89 bits per heavy atom. The normalized spacial score (nSPS) is 12.0. The van der Waals surface area contributed by atoms with E-state index in [9.17, 15) is 0 Å². The second-order valence-electron chi connectivity index (χ2n) is 12.8. The van der Waals surface area contributed by atoms with Gasteiger partial charge in [0.2, 0.25) is 0 Å². The summed E-state index contributed by atoms with van der Waals surface area (Å²) in [4.78, 5) is 9.07. The van der Waals surface area contributed by atoms with E-state index in [1.54, 1.807) is 0 Å². The summed E-state index contributed by atoms with van der Waals surface area (Å²) in [7, 11) is 0. The number of nitrogens with zero attached hydrogens (tertiary/aromatic N) is 2. The van der Waals surface area contributed by atoms with Crippen molar-refractivity contribution in [2.75, 3.05) is 0 Å². The van der Waals surface area contributed by atoms with Crippen LogP contribution in [0.15, 0.2) is 116 Å². The predicted molar refractivity (Wildman–Crippen MR) is 192 cm³/mol. The van der Waals surface area contributed by atoms with Crippen molar-refractivity contribution >= 4 is 0 Å². The first-order chi connectivity index (χ1) is 22.4. The smallest absolute Gasteiger partial charge is 0.0192 e. The Morgan fingerprint density at radius 2 is 1.28 bits per heavy atom. The standard InChI is InChI=1S/C29H26N.C15H16N.Ir/c1-20-21(2)24-13-12-23(20)10-8-22-9-11-25(15-14-24)28(18-22)27-16-17-30-29(19-27)26-6-4-3-5-7-26;1-12(2)10-13-8-9-15(16-11-13)14-6-4-3-5-7-14;/h3-6,9,11-13,16-19H,8,10,14-15H2,1-2H3;3-6,8-9,11-12H,10H2,1-2H3;/q2*-1;. The number of rotatable bonds is 5. The molecule has 6 aromatic rings. The molecule has 0 aliphatic heterocycles. The summed E-state index contributed by atoms with van der Waals surface area (Å²) in [5, 5.41) is 0. The van der Waals surface area contributed by atoms with Crippen LogP contribution in [0.2, 0.25) is 0 Å². The van der Waals surface area contributed by atoms with Crippen LogP contribution in [0.4, 0.5) is 0 Å². The molecule has 0 atom stereocenters. The zero-order valence-electron chi connectivity index (χ0n) is 27.8. The zero-order chi connectivity index (χ0) is 31.9. The van der Waals surface area contributed by atoms with Gasteiger partial charge in [0.15, 0.2) is 0 Å². The molecule has 4 aliphatic carbocycles. The van der Waals surface area contributed by atoms with E-state index in [0.717, 1.165) is 54.6 Å². The minimum Gasteiger partial charge on any atom is -0.305 e. The molecule has 0 fully saturated rings. The number of hydrogen-bond donors (Lipinski definition) is 0. The Hall–Kier alpha value is -4.17. The maximum atomic E-state index is 4.60. The summed E-state index contributed by atoms with van der Waals surface area (Å²) in [6.45, 7) is 9.01. The minimum atomic E-state index is 0. The van der Waals surface area contributed by atoms with Crippen LogP contribution in [0.1, 0.15) is 52.8 Å². The fraction of sp³-hybridized carbons (Fsp3) is 0.227. The summed E-state index contributed by atoms with van der Waals surface area (Å²) in [5.41, 5.74) is 16.7. The second-order valence-corrected chi connectivity index (χ2v) is 12.8. The van der Waals surface area contributed by atoms with Crippen LogP contribution in [-0.4, -0.2) is 9.97 Å². The number of benzene rings is 4. The van der Waals surface area contributed by atoms with E-state index in [1.807, 2.05) is 54.9 Å². The van der Waals surface area contributed by atoms with Gasteiger partial charge in [-0.3, -0.25) is 0 Å². The Kier molecular flexibility index (Phi) is 11.7. The van der Waals surface area contributed by atoms with Crippen LogP contribution < -0.4 is 0 Å². The fourth-order valence-corrected chi connectivity index (χ4v) is 6.32. The van der Waals surface area contributed by atoms with E-state index in [4.69, 9.17) is 0 Å². The first kappa shape index (κ1) is 34.2. The maximum absolute atomic E-state index is 4.60. The average Bonchev–Trinajstić information content (AvgIpc) is 3.09. The third-order valence-corrected chi connectivity index (χ3v) is 9.04. The van der Waals surface area contributed by atoms with Gasteiger partial charge in [0.05, 0.1) is 0 Å². The Bertz CT molecular complexity index is 1890. The van der Waals surface area contributed by atoms with E-state index in [2.05, 4.69) is 110 Å². The number of hydrogen-bond acceptors (Lipinski definition) is 2. The molecule has 4 aromatic carbocycles. The van der Waals surface area contributed by atoms with Gasteiger partial charge < -0.3 is 9.97 Å². The number of pyridine rings is 2. The predicted octanol–water partition coefficient (Wildman–Crippen LogP) is 10.5. The van der Waals surface area contributed by atoms with Gasteiger partial charge in [0.1, 0.15) is 0 Å². The summed E-state index contributed by atoms with van der Waals surface area (Å²) in [5.74, 6) is 0.677. The molecular formula is C44H42IrN2-2. The molecule has 4 aliphatic rings. The largest absolute Gasteiger partial charge is 0.305 e. The van der Waals surface area contributed by atoms with Crippen LogP contribution >= 0.6 is 0 Å². The van der Waals surface area contributed by atoms with Crippen molar-refractivity contribution in [1.82, 2.24) is 9.97 Å². The van der Waals surface area contributed by atoms with Crippen LogP contribution in [-0.2, 0) is 52.2 Å². The monoisotopic (exact) mass is 791 g/mol. The summed E-state index contributed by atoms with van der Waals surface area (Å²) < 4.78 is 0. The minimum absolute atomic E-state index is 0. The van der Waals surface area contributed by atoms with Crippen molar-refractivity contribution < 1.29 is 20.1 Å². The molecule has 2 nitrogen and oxygen atoms in total. The van der Waals surface area contributed by atoms with Crippen molar-refractivity contribution in [3.8, 4) is 33.6 Å². The molecule has 10 rings (SSSR count). The number of aromatic nitrogens is 2. The van der Waals surface area contributed by atoms with Crippen molar-refractivity contribution in [1.29, 1.82) is 0 Å². The van der Waals surface area contributed by atoms with Gasteiger partial charge >= 0.3 is 0 Å². The topological polar surface area (TPSA) is 25.8 Å². The quantitative estimate of drug-likeness (QED) is 0.163. The van der Waals surface area contributed by atoms with Gasteiger partial charge in [0, 0.05) is 32.5 Å². The van der Waals surface area contributed by atoms with Crippen molar-refractivity contribution in [3.05, 3.63) is 167 Å². The van der Waals surface area contributed by atoms with Gasteiger partial charge in [-0.1, -0.05) is 62.4 Å². The van der Waals surface area contributed by atoms with Crippen LogP contribution in [0.3, 0.4) is 0 Å². The van der Waals surface area contributed by atoms with Gasteiger partial charge in [-0.2, -0.15) is 0 Å². The Balaban J connectivity index is 0.000000217. The molecule has 47 heavy (non-hydrogen) atoms. The van der Waals surface area contributed by atoms with E-state index in [-0.39, 0.29) is 20.1 Å². The van der Waals surface area contributed by atoms with E-state index in [1.165, 1.54) is 50.1 Å². The molecule has 2 heterocycles. The fourth-order valence-electron chi connectivity index (χ4n) is 6.32. The third kappa shape index (κ3) is 8.60. The maximum Gasteiger partial charge on any atom is 0.0192 e. The van der Waals surface area contributed by atoms with Gasteiger partial charge in [-0.15, -0.1) is 71.8 Å². The molecule has 3 heteroatoms. The SMILES string of the molecule is CC(C)Cc1ccc(-c2[c-]cccc2)nc1.Cc1c2ccc(c1C)CCc1ccc(cc1-c1ccnc(-c3[c-]cccc3)c1)CC2.[Ir]. The summed E-state index contributed by atoms with van der Waals surface area (Å²) >= 11 is 0. The van der Waals surface area contributed by atoms with Crippen molar-refractivity contribution in [3.63, 3.8) is 0 Å². The number of aryl methyl sites for hydroxylation is 4. The molecule has 0 saturated carbocycles. The van der Waals surface area contributed by atoms with Crippen LogP contribution in [0.5, 0.6) is 0 Å². The van der Waals surface area contributed by atoms with Crippen molar-refractivity contribution in [2.24, 2.45) is 5.92 Å². The molecule has 0 unspecified atom stereocenters. The first-order valence-electron chi connectivity index (χ1n) is 16.5. The molecule has 0 N–H and O–H groups in total. The first-order valence-corrected chi connectivity index (χ1v) is 16.5. The summed E-state index contributed by atoms with van der Waals surface area (Å²) in [6, 6.07) is 42.8. The van der Waals surface area contributed by atoms with Gasteiger partial charge in [-0.25, -0.2) is 0 Å². The van der Waals surface area contributed by atoms with Crippen LogP contribution in [0.25, 0.3) is 33.6 Å². The van der Waals surface area contributed by atoms with Crippen LogP contribution in [0, 0.1) is 31.9 Å². The van der Waals surface area contributed by atoms with Gasteiger partial charge in [-0.05, 0) is 119 Å². The Morgan fingerprint density at radius 1 is 0.638 bits per heavy atom. The van der Waals surface area contributed by atoms with E-state index < -0.39 is 0 Å². The Labute approximate surface area is 294 Å². The van der Waals surface area contributed by atoms with Gasteiger partial charge in [0.25, 0.3) is 0 Å².